The van der Waals surface area contributed by atoms with Crippen molar-refractivity contribution in [2.45, 2.75) is 85.6 Å². The second-order valence-corrected chi connectivity index (χ2v) is 15.1. The second-order valence-electron chi connectivity index (χ2n) is 15.1. The molecule has 1 amide bonds. The molecule has 0 saturated heterocycles. The van der Waals surface area contributed by atoms with Crippen LogP contribution in [0.1, 0.15) is 90.7 Å². The number of hydrogen-bond acceptors (Lipinski definition) is 15. The van der Waals surface area contributed by atoms with Gasteiger partial charge in [-0.2, -0.15) is 0 Å². The number of phenolic OH excluding ortho intramolecular Hbond substituents is 1. The number of amides is 1. The Morgan fingerprint density at radius 3 is 2.27 bits per heavy atom. The van der Waals surface area contributed by atoms with E-state index < -0.39 is 100 Å². The summed E-state index contributed by atoms with van der Waals surface area (Å²) < 4.78 is 24.0. The van der Waals surface area contributed by atoms with Crippen LogP contribution in [0.15, 0.2) is 77.6 Å². The monoisotopic (exact) mass is 815 g/mol. The molecule has 59 heavy (non-hydrogen) atoms. The van der Waals surface area contributed by atoms with E-state index in [0.29, 0.717) is 0 Å². The van der Waals surface area contributed by atoms with Gasteiger partial charge in [-0.1, -0.05) is 51.1 Å². The van der Waals surface area contributed by atoms with Crippen LogP contribution in [0.3, 0.4) is 0 Å². The molecule has 6 rings (SSSR count). The molecular weight excluding hydrogens is 766 g/mol. The lowest BCUT2D eigenvalue weighted by molar-refractivity contribution is -0.160. The van der Waals surface area contributed by atoms with Gasteiger partial charge in [0.1, 0.15) is 17.6 Å². The molecule has 0 radical (unpaired) electrons. The average Bonchev–Trinajstić information content (AvgIpc) is 3.50. The minimum Gasteiger partial charge on any atom is -0.507 e. The number of phenols is 1. The van der Waals surface area contributed by atoms with Crippen molar-refractivity contribution in [2.24, 2.45) is 28.8 Å². The van der Waals surface area contributed by atoms with Crippen LogP contribution in [0.2, 0.25) is 0 Å². The summed E-state index contributed by atoms with van der Waals surface area (Å²) in [4.78, 5) is 76.1. The third-order valence-corrected chi connectivity index (χ3v) is 11.0. The van der Waals surface area contributed by atoms with Crippen LogP contribution in [0, 0.1) is 30.6 Å². The number of Topliss-reactive ketones (excluding diaryl/α,β-unsaturated/α-hetero) is 1. The second kappa shape index (κ2) is 17.9. The highest BCUT2D eigenvalue weighted by atomic mass is 16.7. The van der Waals surface area contributed by atoms with E-state index in [0.717, 1.165) is 6.08 Å². The number of aromatic hydroxyl groups is 1. The maximum Gasteiger partial charge on any atom is 0.365 e. The van der Waals surface area contributed by atoms with Gasteiger partial charge in [0.2, 0.25) is 5.78 Å². The number of aliphatic hydroxyl groups excluding tert-OH is 2. The summed E-state index contributed by atoms with van der Waals surface area (Å²) in [7, 11) is 1.42. The lowest BCUT2D eigenvalue weighted by atomic mass is 9.78. The molecule has 4 aliphatic rings. The minimum absolute atomic E-state index is 0.00868. The Bertz CT molecular complexity index is 2180. The van der Waals surface area contributed by atoms with Gasteiger partial charge in [-0.25, -0.2) is 4.79 Å². The predicted molar refractivity (Wildman–Crippen MR) is 211 cm³/mol. The summed E-state index contributed by atoms with van der Waals surface area (Å²) in [5.41, 5.74) is -1.34. The van der Waals surface area contributed by atoms with Crippen molar-refractivity contribution >= 4 is 35.1 Å². The smallest absolute Gasteiger partial charge is 0.365 e. The lowest BCUT2D eigenvalue weighted by Gasteiger charge is -2.38. The first-order valence-electron chi connectivity index (χ1n) is 19.0. The number of aromatic nitrogens is 1. The molecule has 1 aromatic carbocycles. The molecule has 4 N–H and O–H groups in total. The number of hydrogen-bond donors (Lipinski definition) is 4. The number of carbonyl (C=O) groups is 5. The van der Waals surface area contributed by atoms with Crippen molar-refractivity contribution in [1.82, 2.24) is 10.3 Å². The number of ether oxygens (including phenoxy) is 4. The maximum atomic E-state index is 14.0. The number of pyridine rings is 1. The van der Waals surface area contributed by atoms with E-state index in [4.69, 9.17) is 23.8 Å². The Balaban J connectivity index is 1.68. The molecule has 0 fully saturated rings. The van der Waals surface area contributed by atoms with Crippen molar-refractivity contribution in [1.29, 1.82) is 0 Å². The van der Waals surface area contributed by atoms with Gasteiger partial charge >= 0.3 is 11.9 Å². The van der Waals surface area contributed by atoms with E-state index in [9.17, 15) is 39.3 Å². The van der Waals surface area contributed by atoms with Crippen LogP contribution >= 0.6 is 0 Å². The Morgan fingerprint density at radius 2 is 1.63 bits per heavy atom. The molecule has 3 aliphatic heterocycles. The van der Waals surface area contributed by atoms with Crippen LogP contribution in [-0.2, 0) is 28.6 Å². The zero-order chi connectivity index (χ0) is 43.5. The number of rotatable bonds is 4. The number of oxime groups is 1. The van der Waals surface area contributed by atoms with Gasteiger partial charge in [0.05, 0.1) is 52.5 Å². The molecule has 9 atom stereocenters. The first-order valence-corrected chi connectivity index (χ1v) is 19.0. The number of methoxy groups -OCH3 is 1. The van der Waals surface area contributed by atoms with Gasteiger partial charge in [0.25, 0.3) is 11.7 Å². The van der Waals surface area contributed by atoms with Crippen LogP contribution in [-0.4, -0.2) is 92.7 Å². The number of carbonyl (C=O) groups excluding carboxylic acids is 5. The van der Waals surface area contributed by atoms with Gasteiger partial charge in [-0.15, -0.1) is 0 Å². The third kappa shape index (κ3) is 8.89. The largest absolute Gasteiger partial charge is 0.507 e. The molecule has 1 aromatic heterocycles. The fourth-order valence-electron chi connectivity index (χ4n) is 7.39. The fourth-order valence-corrected chi connectivity index (χ4v) is 7.39. The van der Waals surface area contributed by atoms with Gasteiger partial charge in [0.15, 0.2) is 11.5 Å². The molecule has 314 valence electrons. The summed E-state index contributed by atoms with van der Waals surface area (Å²) in [6, 6.07) is 2.79. The number of allylic oxidation sites excluding steroid dienone is 4. The molecule has 16 heteroatoms. The summed E-state index contributed by atoms with van der Waals surface area (Å²) in [6.07, 6.45) is 7.00. The summed E-state index contributed by atoms with van der Waals surface area (Å²) in [5, 5.41) is 40.8. The molecule has 2 aromatic rings. The maximum absolute atomic E-state index is 14.0. The topological polar surface area (TPSA) is 229 Å². The summed E-state index contributed by atoms with van der Waals surface area (Å²) in [6.45, 7) is 12.4. The summed E-state index contributed by atoms with van der Waals surface area (Å²) in [5.74, 6) is -9.21. The van der Waals surface area contributed by atoms with E-state index in [-0.39, 0.29) is 39.3 Å². The van der Waals surface area contributed by atoms with E-state index in [2.05, 4.69) is 15.5 Å². The normalized spacial score (nSPS) is 31.5. The standard InChI is InChI=1S/C43H49N3O13/c1-20-11-10-12-21(2)41(53)45-28-19-29(48)31-32(37(28)52)36(51)25(6)39-33(31)40(46-59-42(54)27-13-16-44-17-14-27)43(8,58-39)56-18-15-30(55-9)22(3)38(57-26(7)47)24(5)35(50)23(4)34(20)49/h10-20,22-24,30,34-35,38,49-51H,1-9H3,(H,45,53)/b11-10+,18-15+,21-12-,46-40-/t20-,22+,23+,24+,30-,34-,35+,38+,43-/m0/s1. The molecule has 16 nitrogen and oxygen atoms in total. The molecule has 1 aliphatic carbocycles. The highest BCUT2D eigenvalue weighted by Crippen LogP contribution is 2.48. The van der Waals surface area contributed by atoms with Gasteiger partial charge in [-0.3, -0.25) is 24.2 Å². The number of benzene rings is 1. The molecule has 0 spiro atoms. The Kier molecular flexibility index (Phi) is 13.4. The van der Waals surface area contributed by atoms with E-state index >= 15 is 0 Å². The predicted octanol–water partition coefficient (Wildman–Crippen LogP) is 4.40. The van der Waals surface area contributed by atoms with Crippen molar-refractivity contribution in [2.75, 3.05) is 7.11 Å². The lowest BCUT2D eigenvalue weighted by Crippen LogP contribution is -2.46. The number of esters is 1. The SMILES string of the molecule is CO[C@H]1/C=C/O[C@@]2(C)Oc3c(C)c(O)c4c(c3/C2=N/OC(=O)c2ccncc2)C(=O)C=C(NC(=O)/C(C)=C\C=C\[C@H](C)[C@H](O)[C@@H](C)[C@@H](O)[C@@H](C)[C@H](OC(C)=O)[C@@H]1C)C4=O. The number of ketones is 2. The number of aliphatic hydroxyl groups is 2. The molecule has 5 bridgehead atoms. The third-order valence-electron chi connectivity index (χ3n) is 11.0. The van der Waals surface area contributed by atoms with Crippen LogP contribution in [0.25, 0.3) is 0 Å². The van der Waals surface area contributed by atoms with Crippen molar-refractivity contribution in [3.8, 4) is 11.5 Å². The molecule has 4 heterocycles. The van der Waals surface area contributed by atoms with Crippen LogP contribution < -0.4 is 10.1 Å². The number of fused-ring (bicyclic) bond motifs is 14. The summed E-state index contributed by atoms with van der Waals surface area (Å²) >= 11 is 0. The first-order chi connectivity index (χ1) is 27.8. The van der Waals surface area contributed by atoms with E-state index in [1.54, 1.807) is 39.8 Å². The van der Waals surface area contributed by atoms with Crippen molar-refractivity contribution in [3.63, 3.8) is 0 Å². The minimum atomic E-state index is -1.99. The van der Waals surface area contributed by atoms with Crippen molar-refractivity contribution < 1.29 is 63.1 Å². The zero-order valence-corrected chi connectivity index (χ0v) is 34.2. The van der Waals surface area contributed by atoms with Gasteiger partial charge < -0.3 is 44.4 Å². The highest BCUT2D eigenvalue weighted by Gasteiger charge is 2.51. The van der Waals surface area contributed by atoms with Crippen LogP contribution in [0.4, 0.5) is 0 Å². The Morgan fingerprint density at radius 1 is 0.949 bits per heavy atom. The number of nitrogens with zero attached hydrogens (tertiary/aromatic N) is 2. The quantitative estimate of drug-likeness (QED) is 0.191. The Labute approximate surface area is 341 Å². The highest BCUT2D eigenvalue weighted by molar-refractivity contribution is 6.31. The Hall–Kier alpha value is -5.97. The average molecular weight is 816 g/mol. The number of nitrogens with one attached hydrogen (secondary N) is 1. The molecule has 0 saturated carbocycles. The van der Waals surface area contributed by atoms with Crippen molar-refractivity contribution in [3.05, 3.63) is 100 Å². The first kappa shape index (κ1) is 44.1. The van der Waals surface area contributed by atoms with Crippen LogP contribution in [0.5, 0.6) is 11.5 Å². The zero-order valence-electron chi connectivity index (χ0n) is 34.2. The molecular formula is C43H49N3O13. The van der Waals surface area contributed by atoms with E-state index in [1.807, 2.05) is 0 Å². The van der Waals surface area contributed by atoms with E-state index in [1.165, 1.54) is 77.7 Å². The van der Waals surface area contributed by atoms with Gasteiger partial charge in [-0.05, 0) is 32.1 Å². The fraction of sp³-hybridized carbons (Fsp3) is 0.419. The molecule has 0 unspecified atom stereocenters. The van der Waals surface area contributed by atoms with Gasteiger partial charge in [0, 0.05) is 74.2 Å².